The second-order valence-electron chi connectivity index (χ2n) is 6.67. The summed E-state index contributed by atoms with van der Waals surface area (Å²) in [5.74, 6) is 0. The Morgan fingerprint density at radius 1 is 0.536 bits per heavy atom. The quantitative estimate of drug-likeness (QED) is 0.312. The molecule has 0 bridgehead atoms. The molecular weight excluding hydrogens is 364 g/mol. The van der Waals surface area contributed by atoms with Crippen LogP contribution in [0.1, 0.15) is 20.8 Å². The monoisotopic (exact) mass is 390 g/mol. The van der Waals surface area contributed by atoms with Gasteiger partial charge in [-0.05, 0) is 53.1 Å². The molecule has 0 saturated carbocycles. The zero-order valence-electron chi connectivity index (χ0n) is 16.7. The van der Waals surface area contributed by atoms with Crippen molar-refractivity contribution < 1.29 is 13.3 Å². The number of hydrogen-bond acceptors (Lipinski definition) is 3. The summed E-state index contributed by atoms with van der Waals surface area (Å²) in [6.07, 6.45) is 0. The highest BCUT2D eigenvalue weighted by atomic mass is 28.4. The Bertz CT molecular complexity index is 1060. The van der Waals surface area contributed by atoms with Crippen molar-refractivity contribution in [3.63, 3.8) is 0 Å². The number of rotatable bonds is 7. The van der Waals surface area contributed by atoms with E-state index in [1.54, 1.807) is 0 Å². The van der Waals surface area contributed by atoms with E-state index in [0.717, 1.165) is 5.19 Å². The minimum Gasteiger partial charge on any atom is -0.370 e. The molecule has 0 aliphatic carbocycles. The Morgan fingerprint density at radius 2 is 0.929 bits per heavy atom. The molecule has 0 heterocycles. The Kier molecular flexibility index (Phi) is 5.46. The Labute approximate surface area is 167 Å². The average Bonchev–Trinajstić information content (AvgIpc) is 2.74. The van der Waals surface area contributed by atoms with Crippen LogP contribution < -0.4 is 5.19 Å². The molecule has 3 nitrogen and oxygen atoms in total. The largest absolute Gasteiger partial charge is 0.537 e. The SMILES string of the molecule is CCO[Si](OCC)(OCC)c1cccc2c3ccccc3c3ccccc3c12. The van der Waals surface area contributed by atoms with E-state index >= 15 is 0 Å². The molecule has 4 rings (SSSR count). The van der Waals surface area contributed by atoms with Crippen LogP contribution in [0, 0.1) is 0 Å². The summed E-state index contributed by atoms with van der Waals surface area (Å²) in [6, 6.07) is 23.6. The molecule has 0 atom stereocenters. The molecule has 0 amide bonds. The van der Waals surface area contributed by atoms with Gasteiger partial charge in [0.1, 0.15) is 0 Å². The first-order valence-electron chi connectivity index (χ1n) is 10.00. The molecule has 0 unspecified atom stereocenters. The van der Waals surface area contributed by atoms with Gasteiger partial charge in [-0.2, -0.15) is 0 Å². The van der Waals surface area contributed by atoms with Crippen LogP contribution in [0.25, 0.3) is 32.3 Å². The molecule has 4 aromatic rings. The van der Waals surface area contributed by atoms with Crippen molar-refractivity contribution in [1.82, 2.24) is 0 Å². The van der Waals surface area contributed by atoms with E-state index < -0.39 is 8.80 Å². The summed E-state index contributed by atoms with van der Waals surface area (Å²) in [6.45, 7) is 7.64. The fourth-order valence-corrected chi connectivity index (χ4v) is 6.87. The van der Waals surface area contributed by atoms with Crippen molar-refractivity contribution in [3.05, 3.63) is 66.7 Å². The van der Waals surface area contributed by atoms with E-state index in [2.05, 4.69) is 66.7 Å². The second-order valence-corrected chi connectivity index (χ2v) is 9.19. The minimum absolute atomic E-state index is 0.550. The predicted octanol–water partition coefficient (Wildman–Crippen LogP) is 5.40. The molecule has 28 heavy (non-hydrogen) atoms. The molecular formula is C24H26O3Si. The molecule has 0 aliphatic heterocycles. The van der Waals surface area contributed by atoms with Crippen molar-refractivity contribution in [2.45, 2.75) is 20.8 Å². The van der Waals surface area contributed by atoms with Crippen LogP contribution in [0.4, 0.5) is 0 Å². The average molecular weight is 391 g/mol. The topological polar surface area (TPSA) is 27.7 Å². The third kappa shape index (κ3) is 3.03. The third-order valence-corrected chi connectivity index (χ3v) is 8.18. The van der Waals surface area contributed by atoms with Crippen LogP contribution in [-0.2, 0) is 13.3 Å². The zero-order chi connectivity index (χ0) is 19.6. The lowest BCUT2D eigenvalue weighted by molar-refractivity contribution is 0.0862. The summed E-state index contributed by atoms with van der Waals surface area (Å²) >= 11 is 0. The van der Waals surface area contributed by atoms with Crippen LogP contribution in [0.2, 0.25) is 0 Å². The first kappa shape index (κ1) is 19.1. The summed E-state index contributed by atoms with van der Waals surface area (Å²) in [5.41, 5.74) is 0. The molecule has 0 radical (unpaired) electrons. The summed E-state index contributed by atoms with van der Waals surface area (Å²) < 4.78 is 18.8. The van der Waals surface area contributed by atoms with Crippen molar-refractivity contribution in [1.29, 1.82) is 0 Å². The van der Waals surface area contributed by atoms with Gasteiger partial charge in [0.15, 0.2) is 0 Å². The maximum absolute atomic E-state index is 6.26. The van der Waals surface area contributed by atoms with Crippen molar-refractivity contribution in [2.75, 3.05) is 19.8 Å². The van der Waals surface area contributed by atoms with Gasteiger partial charge in [0.25, 0.3) is 0 Å². The van der Waals surface area contributed by atoms with Gasteiger partial charge >= 0.3 is 8.80 Å². The molecule has 0 N–H and O–H groups in total. The molecule has 0 aliphatic rings. The van der Waals surface area contributed by atoms with Gasteiger partial charge in [0, 0.05) is 25.0 Å². The van der Waals surface area contributed by atoms with E-state index in [1.165, 1.54) is 32.3 Å². The predicted molar refractivity (Wildman–Crippen MR) is 119 cm³/mol. The minimum atomic E-state index is -3.04. The molecule has 0 saturated heterocycles. The van der Waals surface area contributed by atoms with Gasteiger partial charge in [0.05, 0.1) is 0 Å². The first-order chi connectivity index (χ1) is 13.8. The normalized spacial score (nSPS) is 12.2. The van der Waals surface area contributed by atoms with E-state index in [4.69, 9.17) is 13.3 Å². The molecule has 4 aromatic carbocycles. The van der Waals surface area contributed by atoms with Crippen molar-refractivity contribution in [2.24, 2.45) is 0 Å². The number of fused-ring (bicyclic) bond motifs is 6. The highest BCUT2D eigenvalue weighted by molar-refractivity contribution is 6.78. The fourth-order valence-electron chi connectivity index (χ4n) is 4.14. The van der Waals surface area contributed by atoms with E-state index in [-0.39, 0.29) is 0 Å². The first-order valence-corrected chi connectivity index (χ1v) is 11.7. The fraction of sp³-hybridized carbons (Fsp3) is 0.250. The summed E-state index contributed by atoms with van der Waals surface area (Å²) in [4.78, 5) is 0. The van der Waals surface area contributed by atoms with Gasteiger partial charge in [-0.25, -0.2) is 0 Å². The van der Waals surface area contributed by atoms with Crippen molar-refractivity contribution >= 4 is 46.3 Å². The van der Waals surface area contributed by atoms with E-state index in [0.29, 0.717) is 19.8 Å². The smallest absolute Gasteiger partial charge is 0.370 e. The molecule has 0 aromatic heterocycles. The lowest BCUT2D eigenvalue weighted by Crippen LogP contribution is -2.57. The maximum Gasteiger partial charge on any atom is 0.537 e. The third-order valence-electron chi connectivity index (χ3n) is 5.10. The Balaban J connectivity index is 2.19. The molecule has 4 heteroatoms. The van der Waals surface area contributed by atoms with Gasteiger partial charge in [-0.15, -0.1) is 0 Å². The van der Waals surface area contributed by atoms with Crippen molar-refractivity contribution in [3.8, 4) is 0 Å². The summed E-state index contributed by atoms with van der Waals surface area (Å²) in [5, 5.41) is 8.40. The second kappa shape index (κ2) is 8.01. The Morgan fingerprint density at radius 3 is 1.39 bits per heavy atom. The molecule has 144 valence electrons. The number of hydrogen-bond donors (Lipinski definition) is 0. The Hall–Kier alpha value is -2.24. The number of benzene rings is 4. The van der Waals surface area contributed by atoms with Crippen LogP contribution in [-0.4, -0.2) is 28.6 Å². The lowest BCUT2D eigenvalue weighted by atomic mass is 9.94. The van der Waals surface area contributed by atoms with Gasteiger partial charge in [-0.3, -0.25) is 0 Å². The summed E-state index contributed by atoms with van der Waals surface area (Å²) in [7, 11) is -3.04. The highest BCUT2D eigenvalue weighted by Gasteiger charge is 2.44. The van der Waals surface area contributed by atoms with Gasteiger partial charge < -0.3 is 13.3 Å². The highest BCUT2D eigenvalue weighted by Crippen LogP contribution is 2.35. The van der Waals surface area contributed by atoms with Crippen LogP contribution in [0.15, 0.2) is 66.7 Å². The molecule has 0 fully saturated rings. The maximum atomic E-state index is 6.26. The van der Waals surface area contributed by atoms with Gasteiger partial charge in [0.2, 0.25) is 0 Å². The zero-order valence-corrected chi connectivity index (χ0v) is 17.7. The van der Waals surface area contributed by atoms with Gasteiger partial charge in [-0.1, -0.05) is 66.7 Å². The molecule has 0 spiro atoms. The van der Waals surface area contributed by atoms with E-state index in [9.17, 15) is 0 Å². The van der Waals surface area contributed by atoms with Crippen LogP contribution in [0.3, 0.4) is 0 Å². The van der Waals surface area contributed by atoms with Crippen LogP contribution in [0.5, 0.6) is 0 Å². The lowest BCUT2D eigenvalue weighted by Gasteiger charge is -2.30. The van der Waals surface area contributed by atoms with Crippen LogP contribution >= 0.6 is 0 Å². The standard InChI is InChI=1S/C24H26O3Si/c1-4-25-28(26-5-2,27-6-3)23-17-11-16-22-20-13-8-7-12-18(20)19-14-9-10-15-21(19)24(22)23/h7-17H,4-6H2,1-3H3. The van der Waals surface area contributed by atoms with E-state index in [1.807, 2.05) is 20.8 Å².